The zero-order valence-electron chi connectivity index (χ0n) is 27.5. The molecule has 14 nitrogen and oxygen atoms in total. The number of hydrogen-bond acceptors (Lipinski definition) is 14. The van der Waals surface area contributed by atoms with E-state index in [4.69, 9.17) is 66.7 Å². The molecule has 0 unspecified atom stereocenters. The largest absolute Gasteiger partial charge is 0.396 e. The standard InChI is InChI=1S/C31H62O14/c32-4-1-5-33-6-7-34-8-9-35-10-11-36-12-13-37-14-15-38-16-17-39-18-19-40-20-21-41-22-23-42-24-25-43-26-27-44-28-29-45-30-31-2-3-31/h31-32H,1-30H2. The van der Waals surface area contributed by atoms with E-state index in [9.17, 15) is 0 Å². The van der Waals surface area contributed by atoms with Crippen molar-refractivity contribution in [2.75, 3.05) is 178 Å². The molecule has 0 aromatic heterocycles. The van der Waals surface area contributed by atoms with Gasteiger partial charge in [0.1, 0.15) is 0 Å². The first kappa shape index (κ1) is 42.5. The lowest BCUT2D eigenvalue weighted by Gasteiger charge is -2.09. The lowest BCUT2D eigenvalue weighted by Crippen LogP contribution is -2.15. The molecule has 0 radical (unpaired) electrons. The summed E-state index contributed by atoms with van der Waals surface area (Å²) in [5, 5.41) is 8.64. The molecule has 0 amide bonds. The zero-order valence-corrected chi connectivity index (χ0v) is 27.5. The summed E-state index contributed by atoms with van der Waals surface area (Å²) < 4.78 is 70.8. The normalized spacial score (nSPS) is 13.3. The van der Waals surface area contributed by atoms with Crippen molar-refractivity contribution in [2.24, 2.45) is 5.92 Å². The maximum absolute atomic E-state index is 8.64. The summed E-state index contributed by atoms with van der Waals surface area (Å²) in [6.07, 6.45) is 3.27. The van der Waals surface area contributed by atoms with Crippen molar-refractivity contribution in [1.29, 1.82) is 0 Å². The van der Waals surface area contributed by atoms with Gasteiger partial charge in [0.25, 0.3) is 0 Å². The molecule has 270 valence electrons. The highest BCUT2D eigenvalue weighted by Crippen LogP contribution is 2.28. The molecule has 0 saturated heterocycles. The number of rotatable bonds is 41. The monoisotopic (exact) mass is 658 g/mol. The van der Waals surface area contributed by atoms with Gasteiger partial charge in [0.05, 0.1) is 159 Å². The summed E-state index contributed by atoms with van der Waals surface area (Å²) in [7, 11) is 0. The van der Waals surface area contributed by atoms with Crippen molar-refractivity contribution in [3.8, 4) is 0 Å². The Bertz CT molecular complexity index is 544. The summed E-state index contributed by atoms with van der Waals surface area (Å²) >= 11 is 0. The van der Waals surface area contributed by atoms with Crippen LogP contribution >= 0.6 is 0 Å². The Hall–Kier alpha value is -0.560. The van der Waals surface area contributed by atoms with Gasteiger partial charge in [-0.1, -0.05) is 0 Å². The predicted octanol–water partition coefficient (Wildman–Crippen LogP) is 0.995. The topological polar surface area (TPSA) is 140 Å². The maximum Gasteiger partial charge on any atom is 0.0701 e. The zero-order chi connectivity index (χ0) is 32.0. The highest BCUT2D eigenvalue weighted by atomic mass is 16.6. The van der Waals surface area contributed by atoms with Crippen LogP contribution in [0.15, 0.2) is 0 Å². The Morgan fingerprint density at radius 2 is 0.489 bits per heavy atom. The molecule has 45 heavy (non-hydrogen) atoms. The predicted molar refractivity (Wildman–Crippen MR) is 165 cm³/mol. The molecule has 14 heteroatoms. The van der Waals surface area contributed by atoms with Crippen molar-refractivity contribution < 1.29 is 66.7 Å². The van der Waals surface area contributed by atoms with Gasteiger partial charge in [0.2, 0.25) is 0 Å². The molecular weight excluding hydrogens is 596 g/mol. The molecule has 1 aliphatic carbocycles. The Labute approximate surface area is 270 Å². The summed E-state index contributed by atoms with van der Waals surface area (Å²) in [4.78, 5) is 0. The Balaban J connectivity index is 1.58. The van der Waals surface area contributed by atoms with Crippen LogP contribution in [-0.4, -0.2) is 183 Å². The van der Waals surface area contributed by atoms with Crippen LogP contribution in [0, 0.1) is 5.92 Å². The van der Waals surface area contributed by atoms with Crippen LogP contribution in [0.4, 0.5) is 0 Å². The number of ether oxygens (including phenoxy) is 13. The molecule has 1 rings (SSSR count). The minimum atomic E-state index is 0.148. The van der Waals surface area contributed by atoms with Gasteiger partial charge >= 0.3 is 0 Å². The van der Waals surface area contributed by atoms with E-state index < -0.39 is 0 Å². The second kappa shape index (κ2) is 37.9. The molecule has 1 N–H and O–H groups in total. The highest BCUT2D eigenvalue weighted by molar-refractivity contribution is 4.71. The second-order valence-corrected chi connectivity index (χ2v) is 9.94. The summed E-state index contributed by atoms with van der Waals surface area (Å²) in [6, 6.07) is 0. The molecule has 1 saturated carbocycles. The van der Waals surface area contributed by atoms with Gasteiger partial charge in [-0.3, -0.25) is 0 Å². The highest BCUT2D eigenvalue weighted by Gasteiger charge is 2.20. The third kappa shape index (κ3) is 37.8. The minimum Gasteiger partial charge on any atom is -0.396 e. The first-order chi connectivity index (χ1) is 22.4. The first-order valence-electron chi connectivity index (χ1n) is 16.5. The van der Waals surface area contributed by atoms with Crippen molar-refractivity contribution in [3.63, 3.8) is 0 Å². The Kier molecular flexibility index (Phi) is 35.8. The van der Waals surface area contributed by atoms with E-state index in [0.29, 0.717) is 172 Å². The molecule has 0 spiro atoms. The molecule has 0 heterocycles. The van der Waals surface area contributed by atoms with E-state index in [0.717, 1.165) is 12.5 Å². The number of aliphatic hydroxyl groups is 1. The summed E-state index contributed by atoms with van der Waals surface area (Å²) in [5.74, 6) is 0.795. The van der Waals surface area contributed by atoms with E-state index in [1.54, 1.807) is 0 Å². The van der Waals surface area contributed by atoms with Crippen LogP contribution in [0.3, 0.4) is 0 Å². The average molecular weight is 659 g/mol. The summed E-state index contributed by atoms with van der Waals surface area (Å²) in [5.41, 5.74) is 0. The average Bonchev–Trinajstić information content (AvgIpc) is 3.88. The molecule has 0 bridgehead atoms. The van der Waals surface area contributed by atoms with Crippen LogP contribution in [0.1, 0.15) is 19.3 Å². The number of aliphatic hydroxyl groups excluding tert-OH is 1. The van der Waals surface area contributed by atoms with Gasteiger partial charge in [-0.25, -0.2) is 0 Å². The van der Waals surface area contributed by atoms with E-state index in [-0.39, 0.29) is 6.61 Å². The van der Waals surface area contributed by atoms with Crippen LogP contribution in [-0.2, 0) is 61.6 Å². The molecule has 0 aromatic rings. The van der Waals surface area contributed by atoms with Crippen LogP contribution in [0.5, 0.6) is 0 Å². The smallest absolute Gasteiger partial charge is 0.0701 e. The van der Waals surface area contributed by atoms with Crippen LogP contribution < -0.4 is 0 Å². The van der Waals surface area contributed by atoms with Gasteiger partial charge in [0, 0.05) is 19.8 Å². The maximum atomic E-state index is 8.64. The second-order valence-electron chi connectivity index (χ2n) is 9.94. The van der Waals surface area contributed by atoms with Crippen LogP contribution in [0.2, 0.25) is 0 Å². The third-order valence-electron chi connectivity index (χ3n) is 5.96. The van der Waals surface area contributed by atoms with Crippen molar-refractivity contribution in [2.45, 2.75) is 19.3 Å². The van der Waals surface area contributed by atoms with Gasteiger partial charge < -0.3 is 66.7 Å². The van der Waals surface area contributed by atoms with E-state index in [1.807, 2.05) is 0 Å². The van der Waals surface area contributed by atoms with E-state index in [2.05, 4.69) is 0 Å². The lowest BCUT2D eigenvalue weighted by molar-refractivity contribution is -0.0291. The van der Waals surface area contributed by atoms with Gasteiger partial charge in [-0.2, -0.15) is 0 Å². The number of hydrogen-bond donors (Lipinski definition) is 1. The van der Waals surface area contributed by atoms with E-state index in [1.165, 1.54) is 12.8 Å². The molecule has 1 fully saturated rings. The van der Waals surface area contributed by atoms with Gasteiger partial charge in [-0.05, 0) is 25.2 Å². The van der Waals surface area contributed by atoms with Crippen molar-refractivity contribution in [1.82, 2.24) is 0 Å². The SMILES string of the molecule is OCCCOCCOCCOCCOCCOCCOCCOCCOCCOCCOCCOCCOCCOCC1CC1. The van der Waals surface area contributed by atoms with Gasteiger partial charge in [-0.15, -0.1) is 0 Å². The molecule has 0 aromatic carbocycles. The fraction of sp³-hybridized carbons (Fsp3) is 1.00. The third-order valence-corrected chi connectivity index (χ3v) is 5.96. The van der Waals surface area contributed by atoms with E-state index >= 15 is 0 Å². The quantitative estimate of drug-likeness (QED) is 0.0934. The minimum absolute atomic E-state index is 0.148. The van der Waals surface area contributed by atoms with Crippen molar-refractivity contribution >= 4 is 0 Å². The summed E-state index contributed by atoms with van der Waals surface area (Å²) in [6.45, 7) is 14.3. The Morgan fingerprint density at radius 3 is 0.689 bits per heavy atom. The molecule has 0 atom stereocenters. The molecule has 0 aliphatic heterocycles. The first-order valence-corrected chi connectivity index (χ1v) is 16.5. The van der Waals surface area contributed by atoms with Crippen LogP contribution in [0.25, 0.3) is 0 Å². The Morgan fingerprint density at radius 1 is 0.289 bits per heavy atom. The molecule has 1 aliphatic rings. The fourth-order valence-corrected chi connectivity index (χ4v) is 3.34. The molecular formula is C31H62O14. The lowest BCUT2D eigenvalue weighted by atomic mass is 10.5. The van der Waals surface area contributed by atoms with Crippen molar-refractivity contribution in [3.05, 3.63) is 0 Å². The fourth-order valence-electron chi connectivity index (χ4n) is 3.34. The van der Waals surface area contributed by atoms with Gasteiger partial charge in [0.15, 0.2) is 0 Å².